The number of hydrogen-bond acceptors (Lipinski definition) is 9. The smallest absolute Gasteiger partial charge is 0.303 e. The fourth-order valence-electron chi connectivity index (χ4n) is 3.71. The minimum absolute atomic E-state index is 0.112. The van der Waals surface area contributed by atoms with Crippen molar-refractivity contribution in [2.24, 2.45) is 11.5 Å². The van der Waals surface area contributed by atoms with Crippen LogP contribution in [0.1, 0.15) is 48.9 Å². The number of nitro benzene ring substituents is 1. The number of fused-ring (bicyclic) bond motifs is 1. The molecule has 0 saturated carbocycles. The molecule has 0 radical (unpaired) electrons. The summed E-state index contributed by atoms with van der Waals surface area (Å²) in [7, 11) is -1.97. The number of hydrogen-bond donors (Lipinski definition) is 6. The number of carbonyl (C=O) groups is 5. The van der Waals surface area contributed by atoms with Gasteiger partial charge in [0.1, 0.15) is 18.1 Å². The van der Waals surface area contributed by atoms with Crippen LogP contribution in [0.5, 0.6) is 0 Å². The fourth-order valence-corrected chi connectivity index (χ4v) is 4.99. The summed E-state index contributed by atoms with van der Waals surface area (Å²) in [6, 6.07) is -0.848. The molecule has 2 rings (SSSR count). The Morgan fingerprint density at radius 2 is 1.74 bits per heavy atom. The molecule has 208 valence electrons. The Morgan fingerprint density at radius 3 is 2.34 bits per heavy atom. The molecule has 1 heterocycles. The van der Waals surface area contributed by atoms with Crippen molar-refractivity contribution in [3.63, 3.8) is 0 Å². The summed E-state index contributed by atoms with van der Waals surface area (Å²) in [6.45, 7) is 0.320. The highest BCUT2D eigenvalue weighted by Gasteiger charge is 2.31. The molecule has 0 bridgehead atoms. The van der Waals surface area contributed by atoms with Crippen molar-refractivity contribution in [2.75, 3.05) is 12.3 Å². The molecule has 0 aliphatic carbocycles. The SMILES string of the molecule is NCCCC[C@@H]1NC(=O)[C@H](CCC(=O)O)NC(=O)c2cc([N+](=O)[O-])ccc2S(=O)CC[C@@H](C(N)=O)NC1=O. The van der Waals surface area contributed by atoms with Gasteiger partial charge in [-0.15, -0.1) is 0 Å². The zero-order chi connectivity index (χ0) is 28.4. The number of unbranched alkanes of at least 4 members (excludes halogenated alkanes) is 1. The number of benzene rings is 1. The Morgan fingerprint density at radius 1 is 1.08 bits per heavy atom. The number of non-ortho nitro benzene ring substituents is 1. The Hall–Kier alpha value is -3.92. The third-order valence-electron chi connectivity index (χ3n) is 5.76. The monoisotopic (exact) mass is 554 g/mol. The highest BCUT2D eigenvalue weighted by molar-refractivity contribution is 7.85. The Balaban J connectivity index is 2.55. The Bertz CT molecular complexity index is 1130. The quantitative estimate of drug-likeness (QED) is 0.119. The van der Waals surface area contributed by atoms with E-state index in [2.05, 4.69) is 16.0 Å². The molecule has 16 heteroatoms. The van der Waals surface area contributed by atoms with Gasteiger partial charge in [0.05, 0.1) is 26.2 Å². The number of nitrogens with zero attached hydrogens (tertiary/aromatic N) is 1. The number of carboxylic acid groups (broad SMARTS) is 1. The van der Waals surface area contributed by atoms with Gasteiger partial charge < -0.3 is 32.5 Å². The van der Waals surface area contributed by atoms with Crippen LogP contribution in [0.3, 0.4) is 0 Å². The van der Waals surface area contributed by atoms with Crippen molar-refractivity contribution in [1.29, 1.82) is 0 Å². The average molecular weight is 555 g/mol. The molecular formula is C22H30N6O9S. The van der Waals surface area contributed by atoms with Gasteiger partial charge in [-0.2, -0.15) is 0 Å². The maximum absolute atomic E-state index is 13.2. The van der Waals surface area contributed by atoms with E-state index in [4.69, 9.17) is 16.6 Å². The number of carboxylic acids is 1. The lowest BCUT2D eigenvalue weighted by Gasteiger charge is -2.25. The summed E-state index contributed by atoms with van der Waals surface area (Å²) in [5.74, 6) is -5.07. The third-order valence-corrected chi connectivity index (χ3v) is 7.22. The molecule has 1 aliphatic rings. The largest absolute Gasteiger partial charge is 0.481 e. The summed E-state index contributed by atoms with van der Waals surface area (Å²) in [5.41, 5.74) is 10.1. The zero-order valence-electron chi connectivity index (χ0n) is 20.3. The van der Waals surface area contributed by atoms with Crippen LogP contribution in [0.25, 0.3) is 0 Å². The highest BCUT2D eigenvalue weighted by Crippen LogP contribution is 2.22. The van der Waals surface area contributed by atoms with Crippen molar-refractivity contribution in [3.8, 4) is 0 Å². The molecule has 0 aromatic heterocycles. The summed E-state index contributed by atoms with van der Waals surface area (Å²) < 4.78 is 13.1. The molecule has 1 aromatic carbocycles. The topological polar surface area (TPSA) is 254 Å². The van der Waals surface area contributed by atoms with Crippen LogP contribution in [0.2, 0.25) is 0 Å². The standard InChI is InChI=1S/C22H30N6O9S/c23-9-2-1-3-15-21(33)25-14(19(24)31)8-10-38(37)17-6-4-12(28(35)36)11-13(17)20(32)26-16(22(34)27-15)5-7-18(29)30/h4,6,11,14-16H,1-3,5,7-10,23H2,(H2,24,31)(H,25,33)(H,26,32)(H,27,34)(H,29,30)/t14-,15-,16-,38?/m0/s1. The molecule has 4 atom stereocenters. The minimum Gasteiger partial charge on any atom is -0.481 e. The van der Waals surface area contributed by atoms with Crippen molar-refractivity contribution in [1.82, 2.24) is 16.0 Å². The molecule has 1 unspecified atom stereocenters. The van der Waals surface area contributed by atoms with Crippen molar-refractivity contribution < 1.29 is 38.2 Å². The van der Waals surface area contributed by atoms with Crippen LogP contribution < -0.4 is 27.4 Å². The van der Waals surface area contributed by atoms with Gasteiger partial charge in [0.2, 0.25) is 17.7 Å². The van der Waals surface area contributed by atoms with Gasteiger partial charge in [-0.05, 0) is 44.7 Å². The first-order valence-corrected chi connectivity index (χ1v) is 13.1. The number of primary amides is 1. The number of nitrogens with two attached hydrogens (primary N) is 2. The van der Waals surface area contributed by atoms with Crippen LogP contribution >= 0.6 is 0 Å². The van der Waals surface area contributed by atoms with Crippen LogP contribution in [0.4, 0.5) is 5.69 Å². The predicted octanol–water partition coefficient (Wildman–Crippen LogP) is -1.35. The number of rotatable bonds is 9. The average Bonchev–Trinajstić information content (AvgIpc) is 2.86. The summed E-state index contributed by atoms with van der Waals surface area (Å²) in [4.78, 5) is 72.8. The number of aliphatic carboxylic acids is 1. The van der Waals surface area contributed by atoms with Gasteiger partial charge in [0.25, 0.3) is 11.6 Å². The second-order valence-electron chi connectivity index (χ2n) is 8.54. The normalized spacial score (nSPS) is 22.7. The number of nitrogens with one attached hydrogen (secondary N) is 3. The van der Waals surface area contributed by atoms with E-state index in [0.29, 0.717) is 19.4 Å². The Labute approximate surface area is 219 Å². The van der Waals surface area contributed by atoms with Crippen LogP contribution in [-0.4, -0.2) is 74.3 Å². The first kappa shape index (κ1) is 30.3. The molecule has 4 amide bonds. The molecule has 38 heavy (non-hydrogen) atoms. The molecular weight excluding hydrogens is 524 g/mol. The highest BCUT2D eigenvalue weighted by atomic mass is 32.2. The van der Waals surface area contributed by atoms with Crippen molar-refractivity contribution >= 4 is 46.1 Å². The lowest BCUT2D eigenvalue weighted by atomic mass is 10.0. The minimum atomic E-state index is -1.97. The first-order valence-electron chi connectivity index (χ1n) is 11.7. The lowest BCUT2D eigenvalue weighted by Crippen LogP contribution is -2.56. The molecule has 0 fully saturated rings. The van der Waals surface area contributed by atoms with Gasteiger partial charge >= 0.3 is 5.97 Å². The van der Waals surface area contributed by atoms with Crippen LogP contribution in [0.15, 0.2) is 23.1 Å². The van der Waals surface area contributed by atoms with Crippen molar-refractivity contribution in [3.05, 3.63) is 33.9 Å². The zero-order valence-corrected chi connectivity index (χ0v) is 21.2. The molecule has 0 saturated heterocycles. The van der Waals surface area contributed by atoms with E-state index in [0.717, 1.165) is 18.2 Å². The summed E-state index contributed by atoms with van der Waals surface area (Å²) in [5, 5.41) is 27.7. The van der Waals surface area contributed by atoms with E-state index in [9.17, 15) is 38.3 Å². The predicted molar refractivity (Wildman–Crippen MR) is 133 cm³/mol. The number of carbonyl (C=O) groups excluding carboxylic acids is 4. The van der Waals surface area contributed by atoms with Gasteiger partial charge in [-0.25, -0.2) is 0 Å². The number of amides is 4. The summed E-state index contributed by atoms with van der Waals surface area (Å²) >= 11 is 0. The first-order chi connectivity index (χ1) is 17.9. The fraction of sp³-hybridized carbons (Fsp3) is 0.500. The van der Waals surface area contributed by atoms with Gasteiger partial charge in [0, 0.05) is 24.3 Å². The van der Waals surface area contributed by atoms with Gasteiger partial charge in [-0.1, -0.05) is 0 Å². The Kier molecular flexibility index (Phi) is 11.3. The molecule has 0 spiro atoms. The maximum Gasteiger partial charge on any atom is 0.303 e. The van der Waals surface area contributed by atoms with Gasteiger partial charge in [-0.3, -0.25) is 38.3 Å². The van der Waals surface area contributed by atoms with E-state index in [1.54, 1.807) is 0 Å². The second-order valence-corrected chi connectivity index (χ2v) is 10.1. The molecule has 8 N–H and O–H groups in total. The van der Waals surface area contributed by atoms with E-state index in [1.165, 1.54) is 0 Å². The molecule has 1 aliphatic heterocycles. The maximum atomic E-state index is 13.2. The molecule has 1 aromatic rings. The molecule has 15 nitrogen and oxygen atoms in total. The third kappa shape index (κ3) is 8.58. The van der Waals surface area contributed by atoms with Crippen LogP contribution in [0, 0.1) is 10.1 Å². The van der Waals surface area contributed by atoms with Crippen molar-refractivity contribution in [2.45, 2.75) is 61.5 Å². The van der Waals surface area contributed by atoms with E-state index in [1.807, 2.05) is 0 Å². The summed E-state index contributed by atoms with van der Waals surface area (Å²) in [6.07, 6.45) is -0.0334. The van der Waals surface area contributed by atoms with Crippen LogP contribution in [-0.2, 0) is 30.0 Å². The lowest BCUT2D eigenvalue weighted by molar-refractivity contribution is -0.384. The van der Waals surface area contributed by atoms with E-state index < -0.39 is 75.6 Å². The number of nitro groups is 1. The second kappa shape index (κ2) is 14.1. The van der Waals surface area contributed by atoms with E-state index >= 15 is 0 Å². The van der Waals surface area contributed by atoms with Gasteiger partial charge in [0.15, 0.2) is 0 Å². The van der Waals surface area contributed by atoms with E-state index in [-0.39, 0.29) is 35.5 Å².